The van der Waals surface area contributed by atoms with Gasteiger partial charge in [0.1, 0.15) is 17.3 Å². The van der Waals surface area contributed by atoms with Gasteiger partial charge in [0.05, 0.1) is 19.0 Å². The fourth-order valence-corrected chi connectivity index (χ4v) is 3.04. The van der Waals surface area contributed by atoms with E-state index in [1.54, 1.807) is 14.2 Å². The first kappa shape index (κ1) is 15.3. The Balaban J connectivity index is 2.48. The van der Waals surface area contributed by atoms with Crippen molar-refractivity contribution in [3.8, 4) is 11.5 Å². The molecule has 0 bridgehead atoms. The average Bonchev–Trinajstić information content (AvgIpc) is 2.44. The summed E-state index contributed by atoms with van der Waals surface area (Å²) in [6.45, 7) is 0. The highest BCUT2D eigenvalue weighted by Crippen LogP contribution is 2.39. The van der Waals surface area contributed by atoms with Gasteiger partial charge >= 0.3 is 0 Å². The van der Waals surface area contributed by atoms with Crippen molar-refractivity contribution in [3.05, 3.63) is 57.8 Å². The first-order valence-corrected chi connectivity index (χ1v) is 7.58. The third-order valence-electron chi connectivity index (χ3n) is 2.89. The predicted molar refractivity (Wildman–Crippen MR) is 84.4 cm³/mol. The van der Waals surface area contributed by atoms with Gasteiger partial charge in [-0.15, -0.1) is 0 Å². The Labute approximate surface area is 134 Å². The smallest absolute Gasteiger partial charge is 0.124 e. The summed E-state index contributed by atoms with van der Waals surface area (Å²) < 4.78 is 24.8. The van der Waals surface area contributed by atoms with E-state index in [9.17, 15) is 4.39 Å². The topological polar surface area (TPSA) is 18.5 Å². The number of alkyl halides is 1. The predicted octanol–water partition coefficient (Wildman–Crippen LogP) is 5.09. The van der Waals surface area contributed by atoms with E-state index in [-0.39, 0.29) is 10.6 Å². The molecule has 1 atom stereocenters. The molecule has 0 aromatic heterocycles. The van der Waals surface area contributed by atoms with Crippen molar-refractivity contribution in [2.75, 3.05) is 14.2 Å². The summed E-state index contributed by atoms with van der Waals surface area (Å²) in [7, 11) is 3.21. The lowest BCUT2D eigenvalue weighted by Gasteiger charge is -2.16. The molecule has 2 aromatic rings. The van der Waals surface area contributed by atoms with Crippen LogP contribution in [0.5, 0.6) is 11.5 Å². The molecular formula is C15H13Br2FO2. The number of hydrogen-bond acceptors (Lipinski definition) is 2. The van der Waals surface area contributed by atoms with Gasteiger partial charge in [-0.2, -0.15) is 0 Å². The molecule has 0 heterocycles. The largest absolute Gasteiger partial charge is 0.497 e. The van der Waals surface area contributed by atoms with Crippen LogP contribution in [-0.4, -0.2) is 14.2 Å². The molecule has 0 N–H and O–H groups in total. The summed E-state index contributed by atoms with van der Waals surface area (Å²) in [5, 5.41) is 0. The minimum absolute atomic E-state index is 0.195. The summed E-state index contributed by atoms with van der Waals surface area (Å²) in [5.41, 5.74) is 1.67. The van der Waals surface area contributed by atoms with E-state index in [0.29, 0.717) is 10.2 Å². The number of rotatable bonds is 4. The van der Waals surface area contributed by atoms with Crippen molar-refractivity contribution in [2.24, 2.45) is 0 Å². The highest BCUT2D eigenvalue weighted by molar-refractivity contribution is 9.10. The van der Waals surface area contributed by atoms with Gasteiger partial charge in [0.15, 0.2) is 0 Å². The van der Waals surface area contributed by atoms with Crippen LogP contribution in [-0.2, 0) is 0 Å². The number of hydrogen-bond donors (Lipinski definition) is 0. The van der Waals surface area contributed by atoms with E-state index < -0.39 is 0 Å². The lowest BCUT2D eigenvalue weighted by Crippen LogP contribution is -1.99. The molecule has 2 nitrogen and oxygen atoms in total. The van der Waals surface area contributed by atoms with Crippen molar-refractivity contribution in [1.29, 1.82) is 0 Å². The molecule has 0 saturated heterocycles. The summed E-state index contributed by atoms with van der Waals surface area (Å²) >= 11 is 6.90. The summed E-state index contributed by atoms with van der Waals surface area (Å²) in [6, 6.07) is 10.3. The summed E-state index contributed by atoms with van der Waals surface area (Å²) in [6.07, 6.45) is 0. The molecule has 0 saturated carbocycles. The maximum Gasteiger partial charge on any atom is 0.124 e. The maximum absolute atomic E-state index is 13.5. The van der Waals surface area contributed by atoms with E-state index in [2.05, 4.69) is 31.9 Å². The van der Waals surface area contributed by atoms with Crippen molar-refractivity contribution in [3.63, 3.8) is 0 Å². The normalized spacial score (nSPS) is 12.1. The first-order chi connectivity index (χ1) is 9.55. The van der Waals surface area contributed by atoms with Crippen LogP contribution in [0.1, 0.15) is 16.0 Å². The number of benzene rings is 2. The Bertz CT molecular complexity index is 597. The number of methoxy groups -OCH3 is 2. The summed E-state index contributed by atoms with van der Waals surface area (Å²) in [5.74, 6) is 1.15. The molecule has 20 heavy (non-hydrogen) atoms. The Morgan fingerprint density at radius 3 is 2.40 bits per heavy atom. The second-order valence-corrected chi connectivity index (χ2v) is 6.00. The zero-order valence-corrected chi connectivity index (χ0v) is 14.2. The average molecular weight is 404 g/mol. The van der Waals surface area contributed by atoms with Crippen molar-refractivity contribution in [2.45, 2.75) is 4.83 Å². The zero-order valence-electron chi connectivity index (χ0n) is 11.0. The third kappa shape index (κ3) is 3.33. The van der Waals surface area contributed by atoms with Gasteiger partial charge in [0.25, 0.3) is 0 Å². The van der Waals surface area contributed by atoms with Crippen LogP contribution in [0, 0.1) is 5.82 Å². The second kappa shape index (κ2) is 6.59. The monoisotopic (exact) mass is 402 g/mol. The van der Waals surface area contributed by atoms with Gasteiger partial charge in [-0.3, -0.25) is 0 Å². The van der Waals surface area contributed by atoms with Gasteiger partial charge < -0.3 is 9.47 Å². The molecule has 0 radical (unpaired) electrons. The van der Waals surface area contributed by atoms with E-state index in [1.807, 2.05) is 24.3 Å². The fraction of sp³-hybridized carbons (Fsp3) is 0.200. The van der Waals surface area contributed by atoms with E-state index >= 15 is 0 Å². The Morgan fingerprint density at radius 2 is 1.80 bits per heavy atom. The zero-order chi connectivity index (χ0) is 14.7. The minimum Gasteiger partial charge on any atom is -0.497 e. The van der Waals surface area contributed by atoms with Gasteiger partial charge in [-0.05, 0) is 42.0 Å². The van der Waals surface area contributed by atoms with Crippen molar-refractivity contribution < 1.29 is 13.9 Å². The van der Waals surface area contributed by atoms with Gasteiger partial charge in [-0.1, -0.05) is 31.9 Å². The molecule has 0 spiro atoms. The van der Waals surface area contributed by atoms with Gasteiger partial charge in [0.2, 0.25) is 0 Å². The highest BCUT2D eigenvalue weighted by atomic mass is 79.9. The summed E-state index contributed by atoms with van der Waals surface area (Å²) in [4.78, 5) is -0.195. The van der Waals surface area contributed by atoms with Crippen LogP contribution in [0.15, 0.2) is 40.9 Å². The van der Waals surface area contributed by atoms with E-state index in [4.69, 9.17) is 9.47 Å². The number of ether oxygens (including phenoxy) is 2. The van der Waals surface area contributed by atoms with Crippen molar-refractivity contribution in [1.82, 2.24) is 0 Å². The molecule has 0 aliphatic carbocycles. The highest BCUT2D eigenvalue weighted by Gasteiger charge is 2.17. The molecular weight excluding hydrogens is 391 g/mol. The van der Waals surface area contributed by atoms with Crippen LogP contribution in [0.3, 0.4) is 0 Å². The first-order valence-electron chi connectivity index (χ1n) is 5.87. The van der Waals surface area contributed by atoms with Crippen molar-refractivity contribution >= 4 is 31.9 Å². The molecule has 0 aliphatic rings. The van der Waals surface area contributed by atoms with Crippen LogP contribution >= 0.6 is 31.9 Å². The molecule has 5 heteroatoms. The third-order valence-corrected chi connectivity index (χ3v) is 4.37. The number of halogens is 3. The minimum atomic E-state index is -0.291. The Kier molecular flexibility index (Phi) is 5.05. The van der Waals surface area contributed by atoms with E-state index in [0.717, 1.165) is 16.9 Å². The maximum atomic E-state index is 13.5. The van der Waals surface area contributed by atoms with Gasteiger partial charge in [0, 0.05) is 10.0 Å². The molecule has 1 unspecified atom stereocenters. The quantitative estimate of drug-likeness (QED) is 0.662. The lowest BCUT2D eigenvalue weighted by atomic mass is 10.0. The molecule has 2 aromatic carbocycles. The molecule has 0 fully saturated rings. The van der Waals surface area contributed by atoms with Gasteiger partial charge in [-0.25, -0.2) is 4.39 Å². The van der Waals surface area contributed by atoms with Crippen LogP contribution < -0.4 is 9.47 Å². The second-order valence-electron chi connectivity index (χ2n) is 4.17. The SMILES string of the molecule is COc1ccc(OC)c(C(Br)c2cc(F)cc(Br)c2)c1. The van der Waals surface area contributed by atoms with Crippen LogP contribution in [0.4, 0.5) is 4.39 Å². The van der Waals surface area contributed by atoms with E-state index in [1.165, 1.54) is 12.1 Å². The standard InChI is InChI=1S/C15H13Br2FO2/c1-19-12-3-4-14(20-2)13(8-12)15(17)9-5-10(16)7-11(18)6-9/h3-8,15H,1-2H3. The lowest BCUT2D eigenvalue weighted by molar-refractivity contribution is 0.399. The Morgan fingerprint density at radius 1 is 1.05 bits per heavy atom. The molecule has 0 amide bonds. The molecule has 0 aliphatic heterocycles. The fourth-order valence-electron chi connectivity index (χ4n) is 1.94. The van der Waals surface area contributed by atoms with Crippen LogP contribution in [0.2, 0.25) is 0 Å². The van der Waals surface area contributed by atoms with Crippen LogP contribution in [0.25, 0.3) is 0 Å². The Hall–Kier alpha value is -1.07. The molecule has 2 rings (SSSR count). The molecule has 106 valence electrons.